The molecule has 2 aromatic rings. The van der Waals surface area contributed by atoms with Crippen LogP contribution in [0.2, 0.25) is 0 Å². The Morgan fingerprint density at radius 2 is 1.94 bits per heavy atom. The van der Waals surface area contributed by atoms with Gasteiger partial charge in [0.1, 0.15) is 11.6 Å². The SMILES string of the molecule is Cc1cnc(Nc2ccc(F)cc2)nc1N. The Kier molecular flexibility index (Phi) is 2.68. The number of nitrogens with one attached hydrogen (secondary N) is 1. The van der Waals surface area contributed by atoms with Gasteiger partial charge in [-0.25, -0.2) is 9.37 Å². The first-order chi connectivity index (χ1) is 7.65. The van der Waals surface area contributed by atoms with E-state index in [0.717, 1.165) is 5.56 Å². The van der Waals surface area contributed by atoms with Gasteiger partial charge in [-0.2, -0.15) is 4.98 Å². The predicted molar refractivity (Wildman–Crippen MR) is 60.9 cm³/mol. The second-order valence-corrected chi connectivity index (χ2v) is 3.39. The van der Waals surface area contributed by atoms with Gasteiger partial charge < -0.3 is 11.1 Å². The van der Waals surface area contributed by atoms with Crippen LogP contribution < -0.4 is 11.1 Å². The highest BCUT2D eigenvalue weighted by atomic mass is 19.1. The Bertz CT molecular complexity index is 496. The molecule has 0 saturated carbocycles. The Hall–Kier alpha value is -2.17. The number of rotatable bonds is 2. The maximum atomic E-state index is 12.7. The lowest BCUT2D eigenvalue weighted by molar-refractivity contribution is 0.628. The number of hydrogen-bond donors (Lipinski definition) is 2. The molecule has 0 atom stereocenters. The molecule has 0 aliphatic rings. The van der Waals surface area contributed by atoms with Crippen LogP contribution in [0.1, 0.15) is 5.56 Å². The quantitative estimate of drug-likeness (QED) is 0.811. The molecule has 0 spiro atoms. The van der Waals surface area contributed by atoms with Gasteiger partial charge in [-0.3, -0.25) is 0 Å². The van der Waals surface area contributed by atoms with Crippen LogP contribution in [0.3, 0.4) is 0 Å². The average Bonchev–Trinajstić information content (AvgIpc) is 2.27. The number of nitrogen functional groups attached to an aromatic ring is 1. The van der Waals surface area contributed by atoms with Crippen LogP contribution in [-0.2, 0) is 0 Å². The third kappa shape index (κ3) is 2.25. The van der Waals surface area contributed by atoms with E-state index in [1.807, 2.05) is 6.92 Å². The molecule has 2 rings (SSSR count). The highest BCUT2D eigenvalue weighted by Gasteiger charge is 2.00. The fourth-order valence-corrected chi connectivity index (χ4v) is 1.18. The van der Waals surface area contributed by atoms with Gasteiger partial charge in [-0.05, 0) is 31.2 Å². The zero-order valence-electron chi connectivity index (χ0n) is 8.74. The molecule has 0 aliphatic heterocycles. The van der Waals surface area contributed by atoms with Crippen molar-refractivity contribution in [2.45, 2.75) is 6.92 Å². The number of nitrogens with two attached hydrogens (primary N) is 1. The van der Waals surface area contributed by atoms with E-state index in [2.05, 4.69) is 15.3 Å². The molecule has 4 nitrogen and oxygen atoms in total. The zero-order valence-corrected chi connectivity index (χ0v) is 8.74. The van der Waals surface area contributed by atoms with Crippen molar-refractivity contribution in [2.24, 2.45) is 0 Å². The maximum absolute atomic E-state index is 12.7. The van der Waals surface area contributed by atoms with Crippen molar-refractivity contribution in [3.63, 3.8) is 0 Å². The summed E-state index contributed by atoms with van der Waals surface area (Å²) in [4.78, 5) is 8.11. The third-order valence-corrected chi connectivity index (χ3v) is 2.11. The lowest BCUT2D eigenvalue weighted by Gasteiger charge is -2.05. The van der Waals surface area contributed by atoms with E-state index >= 15 is 0 Å². The molecule has 0 aliphatic carbocycles. The van der Waals surface area contributed by atoms with Crippen LogP contribution >= 0.6 is 0 Å². The minimum absolute atomic E-state index is 0.283. The van der Waals surface area contributed by atoms with Gasteiger partial charge in [0, 0.05) is 17.4 Å². The molecule has 1 heterocycles. The van der Waals surface area contributed by atoms with Crippen molar-refractivity contribution in [1.82, 2.24) is 9.97 Å². The van der Waals surface area contributed by atoms with Crippen molar-refractivity contribution < 1.29 is 4.39 Å². The molecule has 16 heavy (non-hydrogen) atoms. The molecule has 0 fully saturated rings. The minimum atomic E-state index is -0.283. The third-order valence-electron chi connectivity index (χ3n) is 2.11. The second-order valence-electron chi connectivity index (χ2n) is 3.39. The first-order valence-corrected chi connectivity index (χ1v) is 4.77. The van der Waals surface area contributed by atoms with Crippen molar-refractivity contribution in [3.05, 3.63) is 41.8 Å². The lowest BCUT2D eigenvalue weighted by Crippen LogP contribution is -2.01. The van der Waals surface area contributed by atoms with Gasteiger partial charge in [0.05, 0.1) is 0 Å². The molecular formula is C11H11FN4. The fraction of sp³-hybridized carbons (Fsp3) is 0.0909. The number of nitrogens with zero attached hydrogens (tertiary/aromatic N) is 2. The summed E-state index contributed by atoms with van der Waals surface area (Å²) in [7, 11) is 0. The van der Waals surface area contributed by atoms with Gasteiger partial charge in [-0.15, -0.1) is 0 Å². The van der Waals surface area contributed by atoms with Gasteiger partial charge in [0.25, 0.3) is 0 Å². The average molecular weight is 218 g/mol. The Morgan fingerprint density at radius 3 is 2.56 bits per heavy atom. The van der Waals surface area contributed by atoms with Gasteiger partial charge >= 0.3 is 0 Å². The van der Waals surface area contributed by atoms with E-state index in [4.69, 9.17) is 5.73 Å². The van der Waals surface area contributed by atoms with E-state index in [9.17, 15) is 4.39 Å². The number of benzene rings is 1. The molecule has 5 heteroatoms. The summed E-state index contributed by atoms with van der Waals surface area (Å²) in [5.74, 6) is 0.546. The number of aromatic nitrogens is 2. The van der Waals surface area contributed by atoms with Crippen LogP contribution in [0.25, 0.3) is 0 Å². The van der Waals surface area contributed by atoms with Crippen molar-refractivity contribution in [3.8, 4) is 0 Å². The summed E-state index contributed by atoms with van der Waals surface area (Å²) in [5.41, 5.74) is 7.18. The topological polar surface area (TPSA) is 63.8 Å². The highest BCUT2D eigenvalue weighted by molar-refractivity contribution is 5.54. The Morgan fingerprint density at radius 1 is 1.25 bits per heavy atom. The largest absolute Gasteiger partial charge is 0.383 e. The number of hydrogen-bond acceptors (Lipinski definition) is 4. The maximum Gasteiger partial charge on any atom is 0.229 e. The first kappa shape index (κ1) is 10.4. The monoisotopic (exact) mass is 218 g/mol. The summed E-state index contributed by atoms with van der Waals surface area (Å²) in [6, 6.07) is 5.93. The van der Waals surface area contributed by atoms with E-state index in [-0.39, 0.29) is 5.82 Å². The summed E-state index contributed by atoms with van der Waals surface area (Å²) in [6.07, 6.45) is 1.63. The molecular weight excluding hydrogens is 207 g/mol. The standard InChI is InChI=1S/C11H11FN4/c1-7-6-14-11(16-10(7)13)15-9-4-2-8(12)3-5-9/h2-6H,1H3,(H3,13,14,15,16). The van der Waals surface area contributed by atoms with Gasteiger partial charge in [0.2, 0.25) is 5.95 Å². The van der Waals surface area contributed by atoms with Crippen LogP contribution in [0, 0.1) is 12.7 Å². The smallest absolute Gasteiger partial charge is 0.229 e. The summed E-state index contributed by atoms with van der Waals surface area (Å²) >= 11 is 0. The number of aryl methyl sites for hydroxylation is 1. The van der Waals surface area contributed by atoms with Crippen molar-refractivity contribution in [1.29, 1.82) is 0 Å². The summed E-state index contributed by atoms with van der Waals surface area (Å²) < 4.78 is 12.7. The molecule has 0 unspecified atom stereocenters. The van der Waals surface area contributed by atoms with Crippen LogP contribution in [0.5, 0.6) is 0 Å². The van der Waals surface area contributed by atoms with E-state index in [1.54, 1.807) is 18.3 Å². The van der Waals surface area contributed by atoms with Crippen LogP contribution in [0.4, 0.5) is 21.8 Å². The van der Waals surface area contributed by atoms with E-state index in [0.29, 0.717) is 17.5 Å². The Labute approximate surface area is 92.3 Å². The van der Waals surface area contributed by atoms with Gasteiger partial charge in [0.15, 0.2) is 0 Å². The van der Waals surface area contributed by atoms with Crippen molar-refractivity contribution in [2.75, 3.05) is 11.1 Å². The number of halogens is 1. The van der Waals surface area contributed by atoms with E-state index in [1.165, 1.54) is 12.1 Å². The zero-order chi connectivity index (χ0) is 11.5. The molecule has 82 valence electrons. The molecule has 1 aromatic carbocycles. The Balaban J connectivity index is 2.20. The molecule has 0 amide bonds. The number of anilines is 3. The van der Waals surface area contributed by atoms with E-state index < -0.39 is 0 Å². The van der Waals surface area contributed by atoms with Crippen molar-refractivity contribution >= 4 is 17.5 Å². The second kappa shape index (κ2) is 4.14. The molecule has 1 aromatic heterocycles. The lowest BCUT2D eigenvalue weighted by atomic mass is 10.3. The molecule has 3 N–H and O–H groups in total. The summed E-state index contributed by atoms with van der Waals surface area (Å²) in [6.45, 7) is 1.83. The summed E-state index contributed by atoms with van der Waals surface area (Å²) in [5, 5.41) is 2.93. The van der Waals surface area contributed by atoms with Crippen LogP contribution in [-0.4, -0.2) is 9.97 Å². The predicted octanol–water partition coefficient (Wildman–Crippen LogP) is 2.25. The normalized spacial score (nSPS) is 10.1. The molecule has 0 bridgehead atoms. The van der Waals surface area contributed by atoms with Gasteiger partial charge in [-0.1, -0.05) is 0 Å². The molecule has 0 saturated heterocycles. The highest BCUT2D eigenvalue weighted by Crippen LogP contribution is 2.15. The minimum Gasteiger partial charge on any atom is -0.383 e. The fourth-order valence-electron chi connectivity index (χ4n) is 1.18. The van der Waals surface area contributed by atoms with Crippen LogP contribution in [0.15, 0.2) is 30.5 Å². The first-order valence-electron chi connectivity index (χ1n) is 4.77. The molecule has 0 radical (unpaired) electrons.